The van der Waals surface area contributed by atoms with Gasteiger partial charge >= 0.3 is 0 Å². The Hall–Kier alpha value is -8.48. The van der Waals surface area contributed by atoms with Crippen molar-refractivity contribution in [2.24, 2.45) is 0 Å². The Kier molecular flexibility index (Phi) is 6.74. The number of rotatable bonds is 6. The first kappa shape index (κ1) is 33.4. The second kappa shape index (κ2) is 12.5. The van der Waals surface area contributed by atoms with E-state index in [0.717, 1.165) is 94.7 Å². The number of hydrogen-bond acceptors (Lipinski definition) is 4. The molecule has 0 aliphatic heterocycles. The molecule has 0 atom stereocenters. The van der Waals surface area contributed by atoms with Crippen LogP contribution in [-0.2, 0) is 0 Å². The Morgan fingerprint density at radius 3 is 1.26 bits per heavy atom. The summed E-state index contributed by atoms with van der Waals surface area (Å²) >= 11 is 0. The summed E-state index contributed by atoms with van der Waals surface area (Å²) in [4.78, 5) is 16.3. The van der Waals surface area contributed by atoms with Crippen molar-refractivity contribution in [2.75, 3.05) is 9.80 Å². The number of benzene rings is 9. The van der Waals surface area contributed by atoms with E-state index in [9.17, 15) is 0 Å². The molecule has 0 spiro atoms. The van der Waals surface area contributed by atoms with E-state index in [1.54, 1.807) is 0 Å². The lowest BCUT2D eigenvalue weighted by molar-refractivity contribution is 1.23. The summed E-state index contributed by atoms with van der Waals surface area (Å²) in [6, 6.07) is 73.8. The van der Waals surface area contributed by atoms with Gasteiger partial charge in [-0.05, 0) is 66.0 Å². The summed E-state index contributed by atoms with van der Waals surface area (Å²) in [6.07, 6.45) is 0. The highest BCUT2D eigenvalue weighted by atomic mass is 15.2. The molecule has 0 radical (unpaired) electrons. The van der Waals surface area contributed by atoms with Gasteiger partial charge < -0.3 is 9.80 Å². The van der Waals surface area contributed by atoms with Crippen LogP contribution in [-0.4, -0.2) is 18.8 Å². The average Bonchev–Trinajstić information content (AvgIpc) is 4.06. The van der Waals surface area contributed by atoms with Gasteiger partial charge in [0.25, 0.3) is 0 Å². The number of fused-ring (bicyclic) bond motifs is 13. The van der Waals surface area contributed by atoms with Crippen molar-refractivity contribution in [3.8, 4) is 0 Å². The summed E-state index contributed by atoms with van der Waals surface area (Å²) in [5.74, 6) is 0. The molecule has 5 heterocycles. The van der Waals surface area contributed by atoms with E-state index in [0.29, 0.717) is 0 Å². The van der Waals surface area contributed by atoms with Gasteiger partial charge in [0.2, 0.25) is 0 Å². The van der Waals surface area contributed by atoms with E-state index in [2.05, 4.69) is 225 Å². The zero-order chi connectivity index (χ0) is 40.5. The number of aromatic nitrogens is 4. The summed E-state index contributed by atoms with van der Waals surface area (Å²) < 4.78 is 4.79. The third kappa shape index (κ3) is 4.42. The van der Waals surface area contributed by atoms with Crippen molar-refractivity contribution in [2.45, 2.75) is 0 Å². The molecule has 0 saturated heterocycles. The van der Waals surface area contributed by atoms with Crippen LogP contribution >= 0.6 is 0 Å². The summed E-state index contributed by atoms with van der Waals surface area (Å²) in [7, 11) is 0. The second-order valence-electron chi connectivity index (χ2n) is 16.2. The summed E-state index contributed by atoms with van der Waals surface area (Å²) in [5, 5.41) is 9.26. The lowest BCUT2D eigenvalue weighted by Crippen LogP contribution is -2.11. The average molecular weight is 791 g/mol. The van der Waals surface area contributed by atoms with Crippen LogP contribution in [0.4, 0.5) is 34.1 Å². The third-order valence-electron chi connectivity index (χ3n) is 12.9. The third-order valence-corrected chi connectivity index (χ3v) is 12.9. The molecular formula is C56H34N6. The molecule has 0 aliphatic carbocycles. The van der Waals surface area contributed by atoms with Crippen molar-refractivity contribution >= 4 is 122 Å². The van der Waals surface area contributed by atoms with Crippen LogP contribution < -0.4 is 9.80 Å². The van der Waals surface area contributed by atoms with Crippen molar-refractivity contribution in [1.82, 2.24) is 18.8 Å². The zero-order valence-electron chi connectivity index (χ0n) is 33.3. The van der Waals surface area contributed by atoms with Crippen LogP contribution in [0, 0.1) is 0 Å². The van der Waals surface area contributed by atoms with E-state index in [4.69, 9.17) is 9.97 Å². The highest BCUT2D eigenvalue weighted by Gasteiger charge is 2.29. The van der Waals surface area contributed by atoms with Gasteiger partial charge in [-0.3, -0.25) is 8.80 Å². The lowest BCUT2D eigenvalue weighted by atomic mass is 10.0. The highest BCUT2D eigenvalue weighted by Crippen LogP contribution is 2.50. The largest absolute Gasteiger partial charge is 0.308 e. The molecule has 0 amide bonds. The molecule has 9 aromatic carbocycles. The summed E-state index contributed by atoms with van der Waals surface area (Å²) in [5.41, 5.74) is 14.5. The molecule has 14 rings (SSSR count). The van der Waals surface area contributed by atoms with Crippen LogP contribution in [0.1, 0.15) is 0 Å². The first-order chi connectivity index (χ1) is 30.8. The van der Waals surface area contributed by atoms with Crippen LogP contribution in [0.2, 0.25) is 0 Å². The van der Waals surface area contributed by atoms with Gasteiger partial charge in [-0.15, -0.1) is 0 Å². The predicted molar refractivity (Wildman–Crippen MR) is 258 cm³/mol. The molecule has 0 N–H and O–H groups in total. The molecule has 14 aromatic rings. The highest BCUT2D eigenvalue weighted by molar-refractivity contribution is 6.29. The molecule has 0 fully saturated rings. The second-order valence-corrected chi connectivity index (χ2v) is 16.2. The van der Waals surface area contributed by atoms with Gasteiger partial charge in [-0.2, -0.15) is 0 Å². The maximum atomic E-state index is 5.78. The van der Waals surface area contributed by atoms with E-state index in [-0.39, 0.29) is 0 Å². The number of para-hydroxylation sites is 7. The van der Waals surface area contributed by atoms with E-state index in [1.165, 1.54) is 26.9 Å². The predicted octanol–water partition coefficient (Wildman–Crippen LogP) is 14.9. The summed E-state index contributed by atoms with van der Waals surface area (Å²) in [6.45, 7) is 0. The monoisotopic (exact) mass is 790 g/mol. The van der Waals surface area contributed by atoms with Gasteiger partial charge in [-0.25, -0.2) is 9.97 Å². The van der Waals surface area contributed by atoms with E-state index in [1.807, 2.05) is 0 Å². The van der Waals surface area contributed by atoms with Gasteiger partial charge in [-0.1, -0.05) is 146 Å². The first-order valence-corrected chi connectivity index (χ1v) is 21.1. The van der Waals surface area contributed by atoms with Crippen LogP contribution in [0.5, 0.6) is 0 Å². The smallest absolute Gasteiger partial charge is 0.165 e. The maximum absolute atomic E-state index is 5.78. The topological polar surface area (TPSA) is 41.1 Å². The van der Waals surface area contributed by atoms with Crippen molar-refractivity contribution < 1.29 is 0 Å². The van der Waals surface area contributed by atoms with Crippen LogP contribution in [0.25, 0.3) is 87.5 Å². The Labute approximate surface area is 355 Å². The fourth-order valence-electron chi connectivity index (χ4n) is 10.4. The molecule has 6 heteroatoms. The fourth-order valence-corrected chi connectivity index (χ4v) is 10.4. The Bertz CT molecular complexity index is 3950. The van der Waals surface area contributed by atoms with Gasteiger partial charge in [0.05, 0.1) is 33.4 Å². The minimum atomic E-state index is 0.852. The van der Waals surface area contributed by atoms with Gasteiger partial charge in [0.15, 0.2) is 11.3 Å². The molecule has 0 saturated carbocycles. The molecular weight excluding hydrogens is 757 g/mol. The maximum Gasteiger partial charge on any atom is 0.165 e. The van der Waals surface area contributed by atoms with E-state index < -0.39 is 0 Å². The van der Waals surface area contributed by atoms with Crippen molar-refractivity contribution in [3.63, 3.8) is 0 Å². The quantitative estimate of drug-likeness (QED) is 0.168. The fraction of sp³-hybridized carbons (Fsp3) is 0. The van der Waals surface area contributed by atoms with E-state index >= 15 is 0 Å². The molecule has 0 aliphatic rings. The number of anilines is 6. The molecule has 6 nitrogen and oxygen atoms in total. The molecule has 0 bridgehead atoms. The SMILES string of the molecule is c1ccc(N(c2ccccc2)c2cccc3c4cccc5c6nc7c(nc6n(c23)c45)c2cccc3c4cc5ccccc5c(N(c5ccccc5)c5ccccc5)c4n7c32)cc1. The first-order valence-electron chi connectivity index (χ1n) is 21.1. The molecule has 62 heavy (non-hydrogen) atoms. The minimum absolute atomic E-state index is 0.852. The number of hydrogen-bond donors (Lipinski definition) is 0. The van der Waals surface area contributed by atoms with Crippen LogP contribution in [0.3, 0.4) is 0 Å². The normalized spacial score (nSPS) is 12.2. The minimum Gasteiger partial charge on any atom is -0.308 e. The molecule has 288 valence electrons. The standard InChI is InChI=1S/C56H34N6/c1-5-19-36(20-6-1)59(37-21-7-2-8-22-37)47-33-17-30-42-41-28-15-31-44-48-55(61(50(41)44)52(42)47)57-49-45-32-16-29-43-46-34-35-18-13-14-27-40(35)53(54(46)62(51(43)45)56(49)58-48)60(38-23-9-3-10-24-38)39-25-11-4-12-26-39/h1-34H. The van der Waals surface area contributed by atoms with Gasteiger partial charge in [0, 0.05) is 60.5 Å². The molecule has 0 unspecified atom stereocenters. The zero-order valence-corrected chi connectivity index (χ0v) is 33.3. The Balaban J connectivity index is 1.15. The molecule has 5 aromatic heterocycles. The van der Waals surface area contributed by atoms with Crippen molar-refractivity contribution in [3.05, 3.63) is 206 Å². The Morgan fingerprint density at radius 2 is 0.710 bits per heavy atom. The van der Waals surface area contributed by atoms with Gasteiger partial charge in [0.1, 0.15) is 11.0 Å². The van der Waals surface area contributed by atoms with Crippen LogP contribution in [0.15, 0.2) is 206 Å². The van der Waals surface area contributed by atoms with Crippen molar-refractivity contribution in [1.29, 1.82) is 0 Å². The number of nitrogens with zero attached hydrogens (tertiary/aromatic N) is 6. The lowest BCUT2D eigenvalue weighted by Gasteiger charge is -2.28. The Morgan fingerprint density at radius 1 is 0.306 bits per heavy atom.